The predicted molar refractivity (Wildman–Crippen MR) is 150 cm³/mol. The van der Waals surface area contributed by atoms with E-state index in [-0.39, 0.29) is 12.3 Å². The van der Waals surface area contributed by atoms with E-state index in [0.29, 0.717) is 18.1 Å². The number of carboxylic acid groups (broad SMARTS) is 1. The highest BCUT2D eigenvalue weighted by Crippen LogP contribution is 2.38. The molecule has 2 amide bonds. The molecule has 7 heteroatoms. The topological polar surface area (TPSA) is 110 Å². The summed E-state index contributed by atoms with van der Waals surface area (Å²) in [6, 6.07) is 17.4. The molecule has 38 heavy (non-hydrogen) atoms. The van der Waals surface area contributed by atoms with Crippen molar-refractivity contribution in [3.63, 3.8) is 0 Å². The average Bonchev–Trinajstić information content (AvgIpc) is 3.32. The monoisotopic (exact) mass is 513 g/mol. The first kappa shape index (κ1) is 26.9. The highest BCUT2D eigenvalue weighted by atomic mass is 16.4. The van der Waals surface area contributed by atoms with Gasteiger partial charge in [-0.25, -0.2) is 4.79 Å². The van der Waals surface area contributed by atoms with Crippen LogP contribution in [0.15, 0.2) is 59.0 Å². The number of aryl methyl sites for hydroxylation is 1. The van der Waals surface area contributed by atoms with Gasteiger partial charge in [-0.3, -0.25) is 14.7 Å². The van der Waals surface area contributed by atoms with Gasteiger partial charge in [0, 0.05) is 27.7 Å². The van der Waals surface area contributed by atoms with Gasteiger partial charge in [-0.15, -0.1) is 0 Å². The highest BCUT2D eigenvalue weighted by molar-refractivity contribution is 5.99. The van der Waals surface area contributed by atoms with E-state index in [1.807, 2.05) is 45.9 Å². The minimum atomic E-state index is -0.980. The fourth-order valence-corrected chi connectivity index (χ4v) is 4.66. The molecule has 3 N–H and O–H groups in total. The van der Waals surface area contributed by atoms with E-state index in [4.69, 9.17) is 15.1 Å². The molecular weight excluding hydrogens is 478 g/mol. The van der Waals surface area contributed by atoms with Gasteiger partial charge in [0.25, 0.3) is 5.91 Å². The summed E-state index contributed by atoms with van der Waals surface area (Å²) in [5.41, 5.74) is 11.2. The van der Waals surface area contributed by atoms with Crippen LogP contribution < -0.4 is 5.73 Å². The molecule has 0 radical (unpaired) electrons. The Morgan fingerprint density at radius 1 is 1.03 bits per heavy atom. The Morgan fingerprint density at radius 3 is 2.24 bits per heavy atom. The van der Waals surface area contributed by atoms with E-state index in [9.17, 15) is 14.7 Å². The van der Waals surface area contributed by atoms with Crippen molar-refractivity contribution >= 4 is 22.9 Å². The van der Waals surface area contributed by atoms with Crippen molar-refractivity contribution in [1.82, 2.24) is 9.88 Å². The van der Waals surface area contributed by atoms with Crippen molar-refractivity contribution in [2.75, 3.05) is 0 Å². The van der Waals surface area contributed by atoms with Crippen LogP contribution in [0.3, 0.4) is 0 Å². The molecule has 0 aliphatic carbocycles. The molecule has 0 saturated carbocycles. The van der Waals surface area contributed by atoms with Gasteiger partial charge in [0.2, 0.25) is 0 Å². The van der Waals surface area contributed by atoms with Gasteiger partial charge in [-0.2, -0.15) is 0 Å². The average molecular weight is 514 g/mol. The molecule has 4 aromatic rings. The first-order valence-corrected chi connectivity index (χ1v) is 12.8. The Kier molecular flexibility index (Phi) is 7.31. The van der Waals surface area contributed by atoms with Crippen LogP contribution in [0, 0.1) is 12.8 Å². The van der Waals surface area contributed by atoms with Gasteiger partial charge in [0.15, 0.2) is 5.76 Å². The van der Waals surface area contributed by atoms with Crippen molar-refractivity contribution < 1.29 is 19.1 Å². The van der Waals surface area contributed by atoms with Crippen LogP contribution in [-0.2, 0) is 13.0 Å². The van der Waals surface area contributed by atoms with Crippen molar-refractivity contribution in [2.45, 2.75) is 60.0 Å². The number of nitrogens with zero attached hydrogens (tertiary/aromatic N) is 2. The molecule has 0 spiro atoms. The number of nitrogens with two attached hydrogens (primary N) is 1. The van der Waals surface area contributed by atoms with Crippen LogP contribution in [0.4, 0.5) is 4.79 Å². The maximum Gasteiger partial charge on any atom is 0.408 e. The van der Waals surface area contributed by atoms with E-state index in [1.54, 1.807) is 12.1 Å². The Bertz CT molecular complexity index is 1490. The number of primary amides is 1. The number of furan rings is 1. The standard InChI is InChI=1S/C31H35N3O4/c1-18(2)15-25-23(17-34(30(36)37)31(4,5)6)28(20-9-7-19(3)8-10-20)22-16-21(11-12-24(22)33-25)26-13-14-27(38-26)29(32)35/h7-14,16,18H,15,17H2,1-6H3,(H2,32,35)(H,36,37). The van der Waals surface area contributed by atoms with Crippen LogP contribution in [0.5, 0.6) is 0 Å². The fourth-order valence-electron chi connectivity index (χ4n) is 4.66. The summed E-state index contributed by atoms with van der Waals surface area (Å²) in [4.78, 5) is 30.5. The largest absolute Gasteiger partial charge is 0.465 e. The maximum absolute atomic E-state index is 12.4. The zero-order chi connectivity index (χ0) is 27.8. The summed E-state index contributed by atoms with van der Waals surface area (Å²) in [6.45, 7) is 12.2. The van der Waals surface area contributed by atoms with Gasteiger partial charge < -0.3 is 15.3 Å². The summed E-state index contributed by atoms with van der Waals surface area (Å²) in [5, 5.41) is 11.0. The lowest BCUT2D eigenvalue weighted by molar-refractivity contribution is 0.0950. The molecule has 198 valence electrons. The number of carbonyl (C=O) groups is 2. The summed E-state index contributed by atoms with van der Waals surface area (Å²) in [5.74, 6) is 0.306. The van der Waals surface area contributed by atoms with Gasteiger partial charge in [-0.05, 0) is 81.5 Å². The lowest BCUT2D eigenvalue weighted by atomic mass is 9.89. The predicted octanol–water partition coefficient (Wildman–Crippen LogP) is 7.05. The molecule has 2 aromatic heterocycles. The Morgan fingerprint density at radius 2 is 1.68 bits per heavy atom. The molecule has 0 aliphatic heterocycles. The number of hydrogen-bond acceptors (Lipinski definition) is 4. The van der Waals surface area contributed by atoms with Crippen LogP contribution >= 0.6 is 0 Å². The zero-order valence-corrected chi connectivity index (χ0v) is 22.8. The SMILES string of the molecule is Cc1ccc(-c2c(CN(C(=O)O)C(C)(C)C)c(CC(C)C)nc3ccc(-c4ccc(C(N)=O)o4)cc23)cc1. The van der Waals surface area contributed by atoms with E-state index in [2.05, 4.69) is 38.1 Å². The first-order valence-electron chi connectivity index (χ1n) is 12.8. The minimum absolute atomic E-state index is 0.0900. The number of fused-ring (bicyclic) bond motifs is 1. The normalized spacial score (nSPS) is 11.8. The number of rotatable bonds is 7. The van der Waals surface area contributed by atoms with E-state index in [0.717, 1.165) is 44.4 Å². The van der Waals surface area contributed by atoms with Crippen LogP contribution in [0.1, 0.15) is 62.0 Å². The van der Waals surface area contributed by atoms with Crippen molar-refractivity contribution in [2.24, 2.45) is 11.7 Å². The molecule has 0 saturated heterocycles. The minimum Gasteiger partial charge on any atom is -0.465 e. The van der Waals surface area contributed by atoms with Gasteiger partial charge in [-0.1, -0.05) is 43.7 Å². The number of benzene rings is 2. The third kappa shape index (κ3) is 5.57. The Labute approximate surface area is 223 Å². The quantitative estimate of drug-likeness (QED) is 0.275. The number of carbonyl (C=O) groups excluding carboxylic acids is 1. The lowest BCUT2D eigenvalue weighted by Crippen LogP contribution is -2.44. The first-order chi connectivity index (χ1) is 17.8. The fraction of sp³-hybridized carbons (Fsp3) is 0.323. The second kappa shape index (κ2) is 10.3. The molecule has 0 bridgehead atoms. The second-order valence-electron chi connectivity index (χ2n) is 11.2. The van der Waals surface area contributed by atoms with Gasteiger partial charge in [0.1, 0.15) is 5.76 Å². The van der Waals surface area contributed by atoms with Crippen LogP contribution in [-0.4, -0.2) is 32.5 Å². The van der Waals surface area contributed by atoms with Crippen molar-refractivity contribution in [3.8, 4) is 22.5 Å². The van der Waals surface area contributed by atoms with Crippen molar-refractivity contribution in [1.29, 1.82) is 0 Å². The maximum atomic E-state index is 12.4. The zero-order valence-electron chi connectivity index (χ0n) is 22.8. The van der Waals surface area contributed by atoms with Crippen LogP contribution in [0.2, 0.25) is 0 Å². The number of amides is 2. The summed E-state index contributed by atoms with van der Waals surface area (Å²) in [7, 11) is 0. The molecule has 4 rings (SSSR count). The molecule has 0 atom stereocenters. The molecule has 2 aromatic carbocycles. The van der Waals surface area contributed by atoms with Gasteiger partial charge in [0.05, 0.1) is 12.1 Å². The number of aromatic nitrogens is 1. The molecule has 7 nitrogen and oxygen atoms in total. The Balaban J connectivity index is 2.05. The lowest BCUT2D eigenvalue weighted by Gasteiger charge is -2.34. The van der Waals surface area contributed by atoms with Crippen molar-refractivity contribution in [3.05, 3.63) is 77.2 Å². The van der Waals surface area contributed by atoms with E-state index < -0.39 is 17.5 Å². The number of hydrogen-bond donors (Lipinski definition) is 2. The molecule has 2 heterocycles. The molecule has 0 aliphatic rings. The molecular formula is C31H35N3O4. The molecule has 0 unspecified atom stereocenters. The van der Waals surface area contributed by atoms with Gasteiger partial charge >= 0.3 is 6.09 Å². The smallest absolute Gasteiger partial charge is 0.408 e. The second-order valence-corrected chi connectivity index (χ2v) is 11.2. The Hall–Kier alpha value is -4.13. The summed E-state index contributed by atoms with van der Waals surface area (Å²) in [6.07, 6.45) is -0.268. The third-order valence-corrected chi connectivity index (χ3v) is 6.60. The van der Waals surface area contributed by atoms with Crippen LogP contribution in [0.25, 0.3) is 33.4 Å². The highest BCUT2D eigenvalue weighted by Gasteiger charge is 2.29. The molecule has 0 fully saturated rings. The third-order valence-electron chi connectivity index (χ3n) is 6.60. The summed E-state index contributed by atoms with van der Waals surface area (Å²) >= 11 is 0. The van der Waals surface area contributed by atoms with E-state index in [1.165, 1.54) is 4.90 Å². The van der Waals surface area contributed by atoms with E-state index >= 15 is 0 Å². The summed E-state index contributed by atoms with van der Waals surface area (Å²) < 4.78 is 5.71. The number of pyridine rings is 1.